The summed E-state index contributed by atoms with van der Waals surface area (Å²) in [7, 11) is 0. The Labute approximate surface area is 158 Å². The molecule has 0 amide bonds. The van der Waals surface area contributed by atoms with E-state index >= 15 is 0 Å². The van der Waals surface area contributed by atoms with Crippen molar-refractivity contribution in [2.75, 3.05) is 5.73 Å². The largest absolute Gasteiger partial charge is 0.448 e. The van der Waals surface area contributed by atoms with Gasteiger partial charge in [0, 0.05) is 11.4 Å². The van der Waals surface area contributed by atoms with E-state index in [2.05, 4.69) is 20.1 Å². The average molecular weight is 386 g/mol. The van der Waals surface area contributed by atoms with Crippen molar-refractivity contribution in [3.05, 3.63) is 57.0 Å². The minimum Gasteiger partial charge on any atom is -0.448 e. The highest BCUT2D eigenvalue weighted by Crippen LogP contribution is 2.31. The molecule has 4 rings (SSSR count). The van der Waals surface area contributed by atoms with E-state index < -0.39 is 5.69 Å². The lowest BCUT2D eigenvalue weighted by Gasteiger charge is -2.08. The number of fused-ring (bicyclic) bond motifs is 1. The van der Waals surface area contributed by atoms with Gasteiger partial charge in [-0.2, -0.15) is 0 Å². The number of oxazole rings is 1. The van der Waals surface area contributed by atoms with Crippen molar-refractivity contribution >= 4 is 23.2 Å². The minimum absolute atomic E-state index is 0.0330. The Hall–Kier alpha value is -3.20. The van der Waals surface area contributed by atoms with Crippen LogP contribution < -0.4 is 11.4 Å². The van der Waals surface area contributed by atoms with Gasteiger partial charge in [0.15, 0.2) is 12.0 Å². The topological polar surface area (TPSA) is 117 Å². The number of nitrogen functional groups attached to an aromatic ring is 1. The van der Waals surface area contributed by atoms with Gasteiger partial charge < -0.3 is 10.2 Å². The van der Waals surface area contributed by atoms with Crippen LogP contribution in [0.2, 0.25) is 5.15 Å². The lowest BCUT2D eigenvalue weighted by atomic mass is 10.1. The molecule has 27 heavy (non-hydrogen) atoms. The molecule has 0 aliphatic heterocycles. The maximum Gasteiger partial charge on any atom is 0.353 e. The Morgan fingerprint density at radius 2 is 1.89 bits per heavy atom. The molecule has 138 valence electrons. The van der Waals surface area contributed by atoms with Crippen molar-refractivity contribution in [2.45, 2.75) is 27.3 Å². The molecular formula is C17H16ClN7O2. The molecule has 4 heterocycles. The molecule has 0 spiro atoms. The first-order valence-electron chi connectivity index (χ1n) is 8.14. The second-order valence-electron chi connectivity index (χ2n) is 6.23. The van der Waals surface area contributed by atoms with E-state index in [-0.39, 0.29) is 17.6 Å². The monoisotopic (exact) mass is 385 g/mol. The van der Waals surface area contributed by atoms with Gasteiger partial charge in [-0.25, -0.2) is 23.8 Å². The van der Waals surface area contributed by atoms with Crippen LogP contribution in [0.3, 0.4) is 0 Å². The van der Waals surface area contributed by atoms with E-state index in [1.54, 1.807) is 6.92 Å². The summed E-state index contributed by atoms with van der Waals surface area (Å²) in [6, 6.07) is 3.72. The van der Waals surface area contributed by atoms with E-state index in [0.717, 1.165) is 17.0 Å². The molecule has 0 saturated carbocycles. The molecule has 0 aliphatic rings. The fourth-order valence-electron chi connectivity index (χ4n) is 3.03. The first kappa shape index (κ1) is 17.2. The van der Waals surface area contributed by atoms with Gasteiger partial charge in [-0.1, -0.05) is 11.6 Å². The zero-order valence-electron chi connectivity index (χ0n) is 14.9. The Morgan fingerprint density at radius 1 is 1.19 bits per heavy atom. The number of halogens is 1. The number of aromatic nitrogens is 6. The van der Waals surface area contributed by atoms with E-state index in [0.29, 0.717) is 22.7 Å². The molecule has 0 aliphatic carbocycles. The predicted molar refractivity (Wildman–Crippen MR) is 99.7 cm³/mol. The molecule has 0 fully saturated rings. The molecule has 10 heteroatoms. The molecule has 0 atom stereocenters. The zero-order chi connectivity index (χ0) is 19.3. The van der Waals surface area contributed by atoms with Crippen LogP contribution >= 0.6 is 11.6 Å². The summed E-state index contributed by atoms with van der Waals surface area (Å²) < 4.78 is 7.69. The van der Waals surface area contributed by atoms with Gasteiger partial charge in [0.2, 0.25) is 5.95 Å². The number of nitrogens with zero attached hydrogens (tertiary/aromatic N) is 6. The first-order valence-corrected chi connectivity index (χ1v) is 8.52. The summed E-state index contributed by atoms with van der Waals surface area (Å²) >= 11 is 6.37. The van der Waals surface area contributed by atoms with Crippen LogP contribution in [0.4, 0.5) is 5.95 Å². The van der Waals surface area contributed by atoms with Crippen molar-refractivity contribution in [1.29, 1.82) is 0 Å². The average Bonchev–Trinajstić information content (AvgIpc) is 3.11. The Morgan fingerprint density at radius 3 is 2.52 bits per heavy atom. The molecule has 4 aromatic heterocycles. The summed E-state index contributed by atoms with van der Waals surface area (Å²) in [5.41, 5.74) is 9.36. The van der Waals surface area contributed by atoms with Crippen LogP contribution in [-0.4, -0.2) is 29.1 Å². The molecule has 0 unspecified atom stereocenters. The highest BCUT2D eigenvalue weighted by atomic mass is 35.5. The third kappa shape index (κ3) is 2.85. The molecule has 0 aromatic carbocycles. The second-order valence-corrected chi connectivity index (χ2v) is 6.59. The van der Waals surface area contributed by atoms with Gasteiger partial charge in [0.25, 0.3) is 0 Å². The summed E-state index contributed by atoms with van der Waals surface area (Å²) in [5, 5.41) is 4.61. The van der Waals surface area contributed by atoms with Gasteiger partial charge in [0.05, 0.1) is 12.1 Å². The number of hydrogen-bond donors (Lipinski definition) is 1. The number of aryl methyl sites for hydroxylation is 3. The number of anilines is 1. The van der Waals surface area contributed by atoms with Gasteiger partial charge in [-0.05, 0) is 38.5 Å². The lowest BCUT2D eigenvalue weighted by molar-refractivity contribution is 0.521. The van der Waals surface area contributed by atoms with E-state index in [4.69, 9.17) is 21.8 Å². The zero-order valence-corrected chi connectivity index (χ0v) is 15.7. The highest BCUT2D eigenvalue weighted by molar-refractivity contribution is 6.33. The smallest absolute Gasteiger partial charge is 0.353 e. The van der Waals surface area contributed by atoms with Crippen LogP contribution in [0.1, 0.15) is 22.8 Å². The van der Waals surface area contributed by atoms with Crippen molar-refractivity contribution in [3.63, 3.8) is 0 Å². The standard InChI is InChI=1S/C17H16ClN7O2/c1-8-4-11(5-9(2)21-8)13-14(18)22-16(19)25-15(13)23-24(17(25)26)6-12-10(3)27-7-20-12/h4-5,7H,6H2,1-3H3,(H2,19,22). The number of nitrogens with two attached hydrogens (primary N) is 1. The fraction of sp³-hybridized carbons (Fsp3) is 0.235. The van der Waals surface area contributed by atoms with Crippen molar-refractivity contribution in [1.82, 2.24) is 29.1 Å². The van der Waals surface area contributed by atoms with Crippen molar-refractivity contribution < 1.29 is 4.42 Å². The summed E-state index contributed by atoms with van der Waals surface area (Å²) in [5.74, 6) is 0.582. The summed E-state index contributed by atoms with van der Waals surface area (Å²) in [6.07, 6.45) is 1.33. The normalized spacial score (nSPS) is 11.4. The predicted octanol–water partition coefficient (Wildman–Crippen LogP) is 2.15. The lowest BCUT2D eigenvalue weighted by Crippen LogP contribution is -2.24. The molecule has 4 aromatic rings. The maximum absolute atomic E-state index is 12.8. The molecule has 0 bridgehead atoms. The molecular weight excluding hydrogens is 370 g/mol. The number of pyridine rings is 1. The molecule has 0 saturated heterocycles. The minimum atomic E-state index is -0.433. The SMILES string of the molecule is Cc1cc(-c2c(Cl)nc(N)n3c(=O)n(Cc4ncoc4C)nc23)cc(C)n1. The third-order valence-electron chi connectivity index (χ3n) is 4.23. The number of rotatable bonds is 3. The quantitative estimate of drug-likeness (QED) is 0.537. The van der Waals surface area contributed by atoms with Crippen molar-refractivity contribution in [2.24, 2.45) is 0 Å². The van der Waals surface area contributed by atoms with Crippen molar-refractivity contribution in [3.8, 4) is 11.1 Å². The summed E-state index contributed by atoms with van der Waals surface area (Å²) in [4.78, 5) is 25.4. The van der Waals surface area contributed by atoms with Gasteiger partial charge >= 0.3 is 5.69 Å². The third-order valence-corrected chi connectivity index (χ3v) is 4.50. The molecule has 9 nitrogen and oxygen atoms in total. The molecule has 2 N–H and O–H groups in total. The Balaban J connectivity index is 1.99. The fourth-order valence-corrected chi connectivity index (χ4v) is 3.31. The van der Waals surface area contributed by atoms with Crippen LogP contribution in [0.15, 0.2) is 27.7 Å². The second kappa shape index (κ2) is 6.20. The number of hydrogen-bond acceptors (Lipinski definition) is 7. The first-order chi connectivity index (χ1) is 12.8. The van der Waals surface area contributed by atoms with Gasteiger partial charge in [-0.3, -0.25) is 4.98 Å². The van der Waals surface area contributed by atoms with E-state index in [9.17, 15) is 4.79 Å². The van der Waals surface area contributed by atoms with Crippen LogP contribution in [0.25, 0.3) is 16.8 Å². The van der Waals surface area contributed by atoms with Gasteiger partial charge in [-0.15, -0.1) is 5.10 Å². The Bertz CT molecular complexity index is 1220. The highest BCUT2D eigenvalue weighted by Gasteiger charge is 2.21. The van der Waals surface area contributed by atoms with Crippen LogP contribution in [0, 0.1) is 20.8 Å². The van der Waals surface area contributed by atoms with E-state index in [1.807, 2.05) is 26.0 Å². The van der Waals surface area contributed by atoms with Crippen LogP contribution in [0.5, 0.6) is 0 Å². The van der Waals surface area contributed by atoms with Crippen LogP contribution in [-0.2, 0) is 6.54 Å². The van der Waals surface area contributed by atoms with Gasteiger partial charge in [0.1, 0.15) is 16.6 Å². The summed E-state index contributed by atoms with van der Waals surface area (Å²) in [6.45, 7) is 5.67. The molecule has 0 radical (unpaired) electrons. The van der Waals surface area contributed by atoms with E-state index in [1.165, 1.54) is 15.5 Å². The Kier molecular flexibility index (Phi) is 3.96. The maximum atomic E-state index is 12.8.